The third-order valence-corrected chi connectivity index (χ3v) is 4.97. The molecule has 10 heteroatoms. The predicted molar refractivity (Wildman–Crippen MR) is 91.3 cm³/mol. The molecule has 0 radical (unpaired) electrons. The zero-order valence-electron chi connectivity index (χ0n) is 14.4. The molecule has 1 aliphatic rings. The third kappa shape index (κ3) is 4.11. The fourth-order valence-electron chi connectivity index (χ4n) is 2.67. The topological polar surface area (TPSA) is 56.0 Å². The van der Waals surface area contributed by atoms with Crippen LogP contribution in [0.2, 0.25) is 0 Å². The molecule has 2 aromatic heterocycles. The number of hydrogen-bond acceptors (Lipinski definition) is 3. The van der Waals surface area contributed by atoms with Crippen LogP contribution in [0.25, 0.3) is 0 Å². The number of rotatable bonds is 6. The minimum absolute atomic E-state index is 0.0612. The molecule has 2 aromatic rings. The highest BCUT2D eigenvalue weighted by Gasteiger charge is 2.38. The number of amides is 1. The van der Waals surface area contributed by atoms with E-state index in [2.05, 4.69) is 26.1 Å². The van der Waals surface area contributed by atoms with Gasteiger partial charge in [0.1, 0.15) is 6.54 Å². The average molecular weight is 434 g/mol. The van der Waals surface area contributed by atoms with E-state index in [1.807, 2.05) is 13.1 Å². The summed E-state index contributed by atoms with van der Waals surface area (Å²) >= 11 is 3.40. The van der Waals surface area contributed by atoms with E-state index in [0.717, 1.165) is 23.4 Å². The molecule has 0 atom stereocenters. The SMILES string of the molecule is CCn1cc(Br)c(CN(C)C(=O)Cn2nc(C(F)(F)F)cc2C2CC2)n1. The highest BCUT2D eigenvalue weighted by molar-refractivity contribution is 9.10. The number of aromatic nitrogens is 4. The van der Waals surface area contributed by atoms with Crippen LogP contribution in [0.15, 0.2) is 16.7 Å². The summed E-state index contributed by atoms with van der Waals surface area (Å²) in [4.78, 5) is 13.9. The number of nitrogens with zero attached hydrogens (tertiary/aromatic N) is 5. The Balaban J connectivity index is 1.72. The summed E-state index contributed by atoms with van der Waals surface area (Å²) in [6, 6.07) is 1.06. The number of carbonyl (C=O) groups is 1. The van der Waals surface area contributed by atoms with Crippen LogP contribution in [0.4, 0.5) is 13.2 Å². The molecule has 3 rings (SSSR count). The monoisotopic (exact) mass is 433 g/mol. The minimum Gasteiger partial charge on any atom is -0.338 e. The molecule has 0 spiro atoms. The Morgan fingerprint density at radius 2 is 2.08 bits per heavy atom. The number of halogens is 4. The van der Waals surface area contributed by atoms with E-state index >= 15 is 0 Å². The number of likely N-dealkylation sites (N-methyl/N-ethyl adjacent to an activating group) is 1. The van der Waals surface area contributed by atoms with Gasteiger partial charge in [-0.3, -0.25) is 14.2 Å². The lowest BCUT2D eigenvalue weighted by Crippen LogP contribution is -2.31. The fourth-order valence-corrected chi connectivity index (χ4v) is 3.11. The van der Waals surface area contributed by atoms with Gasteiger partial charge in [0, 0.05) is 31.4 Å². The zero-order valence-corrected chi connectivity index (χ0v) is 16.0. The first-order chi connectivity index (χ1) is 12.2. The first-order valence-electron chi connectivity index (χ1n) is 8.29. The molecule has 6 nitrogen and oxygen atoms in total. The number of alkyl halides is 3. The van der Waals surface area contributed by atoms with Gasteiger partial charge in [0.05, 0.1) is 16.7 Å². The Kier molecular flexibility index (Phi) is 5.14. The number of hydrogen-bond donors (Lipinski definition) is 0. The van der Waals surface area contributed by atoms with Crippen LogP contribution in [-0.4, -0.2) is 37.4 Å². The van der Waals surface area contributed by atoms with Crippen molar-refractivity contribution in [1.29, 1.82) is 0 Å². The van der Waals surface area contributed by atoms with Gasteiger partial charge in [-0.15, -0.1) is 0 Å². The van der Waals surface area contributed by atoms with Gasteiger partial charge in [-0.25, -0.2) is 0 Å². The van der Waals surface area contributed by atoms with Gasteiger partial charge >= 0.3 is 6.18 Å². The van der Waals surface area contributed by atoms with Gasteiger partial charge in [0.25, 0.3) is 0 Å². The van der Waals surface area contributed by atoms with E-state index in [0.29, 0.717) is 17.9 Å². The molecule has 1 saturated carbocycles. The van der Waals surface area contributed by atoms with Crippen LogP contribution in [0.5, 0.6) is 0 Å². The van der Waals surface area contributed by atoms with Gasteiger partial charge in [-0.2, -0.15) is 23.4 Å². The van der Waals surface area contributed by atoms with Gasteiger partial charge in [0.2, 0.25) is 5.91 Å². The maximum Gasteiger partial charge on any atom is 0.435 e. The standard InChI is InChI=1S/C16H19BrF3N5O/c1-3-24-7-11(17)12(21-24)8-23(2)15(26)9-25-13(10-4-5-10)6-14(22-25)16(18,19)20/h6-7,10H,3-5,8-9H2,1-2H3. The molecule has 1 fully saturated rings. The van der Waals surface area contributed by atoms with Crippen LogP contribution in [-0.2, 0) is 30.6 Å². The van der Waals surface area contributed by atoms with Crippen molar-refractivity contribution in [2.75, 3.05) is 7.05 Å². The van der Waals surface area contributed by atoms with E-state index in [1.165, 1.54) is 9.58 Å². The quantitative estimate of drug-likeness (QED) is 0.701. The average Bonchev–Trinajstić information content (AvgIpc) is 3.22. The highest BCUT2D eigenvalue weighted by atomic mass is 79.9. The van der Waals surface area contributed by atoms with Crippen LogP contribution in [0.1, 0.15) is 42.8 Å². The molecule has 0 bridgehead atoms. The van der Waals surface area contributed by atoms with Crippen molar-refractivity contribution in [2.24, 2.45) is 0 Å². The molecule has 0 aromatic carbocycles. The Morgan fingerprint density at radius 1 is 1.38 bits per heavy atom. The largest absolute Gasteiger partial charge is 0.435 e. The van der Waals surface area contributed by atoms with Gasteiger partial charge in [-0.1, -0.05) is 0 Å². The lowest BCUT2D eigenvalue weighted by Gasteiger charge is -2.17. The van der Waals surface area contributed by atoms with E-state index in [-0.39, 0.29) is 24.9 Å². The van der Waals surface area contributed by atoms with Crippen molar-refractivity contribution < 1.29 is 18.0 Å². The summed E-state index contributed by atoms with van der Waals surface area (Å²) in [6.07, 6.45) is -1.04. The molecule has 2 heterocycles. The van der Waals surface area contributed by atoms with Crippen molar-refractivity contribution >= 4 is 21.8 Å². The summed E-state index contributed by atoms with van der Waals surface area (Å²) < 4.78 is 42.5. The fraction of sp³-hybridized carbons (Fsp3) is 0.562. The molecular formula is C16H19BrF3N5O. The highest BCUT2D eigenvalue weighted by Crippen LogP contribution is 2.42. The second-order valence-electron chi connectivity index (χ2n) is 6.41. The molecule has 0 unspecified atom stereocenters. The van der Waals surface area contributed by atoms with Gasteiger partial charge in [-0.05, 0) is 41.8 Å². The molecule has 0 aliphatic heterocycles. The van der Waals surface area contributed by atoms with E-state index < -0.39 is 11.9 Å². The van der Waals surface area contributed by atoms with Gasteiger partial charge < -0.3 is 4.90 Å². The van der Waals surface area contributed by atoms with Crippen molar-refractivity contribution in [3.05, 3.63) is 33.8 Å². The van der Waals surface area contributed by atoms with Crippen LogP contribution < -0.4 is 0 Å². The summed E-state index contributed by atoms with van der Waals surface area (Å²) in [7, 11) is 1.60. The maximum absolute atomic E-state index is 12.9. The Morgan fingerprint density at radius 3 is 2.62 bits per heavy atom. The van der Waals surface area contributed by atoms with E-state index in [1.54, 1.807) is 11.7 Å². The molecule has 0 N–H and O–H groups in total. The smallest absolute Gasteiger partial charge is 0.338 e. The van der Waals surface area contributed by atoms with Gasteiger partial charge in [0.15, 0.2) is 5.69 Å². The van der Waals surface area contributed by atoms with Crippen LogP contribution in [0.3, 0.4) is 0 Å². The Hall–Kier alpha value is -1.84. The van der Waals surface area contributed by atoms with Crippen molar-refractivity contribution in [3.8, 4) is 0 Å². The Bertz CT molecular complexity index is 809. The normalized spacial score (nSPS) is 14.7. The second kappa shape index (κ2) is 7.05. The number of aryl methyl sites for hydroxylation is 1. The molecule has 1 aliphatic carbocycles. The zero-order chi connectivity index (χ0) is 19.1. The summed E-state index contributed by atoms with van der Waals surface area (Å²) in [5.41, 5.74) is 0.233. The van der Waals surface area contributed by atoms with Crippen LogP contribution >= 0.6 is 15.9 Å². The van der Waals surface area contributed by atoms with E-state index in [4.69, 9.17) is 0 Å². The van der Waals surface area contributed by atoms with E-state index in [9.17, 15) is 18.0 Å². The van der Waals surface area contributed by atoms with Crippen LogP contribution in [0, 0.1) is 0 Å². The molecule has 0 saturated heterocycles. The minimum atomic E-state index is -4.51. The summed E-state index contributed by atoms with van der Waals surface area (Å²) in [5, 5.41) is 7.98. The van der Waals surface area contributed by atoms with Crippen molar-refractivity contribution in [2.45, 2.75) is 51.5 Å². The lowest BCUT2D eigenvalue weighted by atomic mass is 10.2. The lowest BCUT2D eigenvalue weighted by molar-refractivity contribution is -0.142. The Labute approximate surface area is 157 Å². The van der Waals surface area contributed by atoms with Crippen molar-refractivity contribution in [1.82, 2.24) is 24.5 Å². The maximum atomic E-state index is 12.9. The van der Waals surface area contributed by atoms with Crippen molar-refractivity contribution in [3.63, 3.8) is 0 Å². The molecule has 1 amide bonds. The molecule has 142 valence electrons. The third-order valence-electron chi connectivity index (χ3n) is 4.31. The first kappa shape index (κ1) is 18.9. The first-order valence-corrected chi connectivity index (χ1v) is 9.09. The summed E-state index contributed by atoms with van der Waals surface area (Å²) in [6.45, 7) is 2.70. The summed E-state index contributed by atoms with van der Waals surface area (Å²) in [5.74, 6) is -0.257. The molecule has 26 heavy (non-hydrogen) atoms. The second-order valence-corrected chi connectivity index (χ2v) is 7.27. The predicted octanol–water partition coefficient (Wildman–Crippen LogP) is 3.42. The molecular weight excluding hydrogens is 415 g/mol. The number of carbonyl (C=O) groups excluding carboxylic acids is 1.